The van der Waals surface area contributed by atoms with E-state index in [4.69, 9.17) is 10.2 Å². The van der Waals surface area contributed by atoms with E-state index in [1.54, 1.807) is 18.4 Å². The van der Waals surface area contributed by atoms with Gasteiger partial charge >= 0.3 is 0 Å². The van der Waals surface area contributed by atoms with Crippen LogP contribution in [0.1, 0.15) is 5.76 Å². The van der Waals surface area contributed by atoms with E-state index in [0.29, 0.717) is 0 Å². The summed E-state index contributed by atoms with van der Waals surface area (Å²) >= 11 is 0. The molecule has 0 bridgehead atoms. The summed E-state index contributed by atoms with van der Waals surface area (Å²) in [5.41, 5.74) is 6.77. The van der Waals surface area contributed by atoms with Crippen LogP contribution in [0.15, 0.2) is 22.8 Å². The van der Waals surface area contributed by atoms with E-state index >= 15 is 0 Å². The highest BCUT2D eigenvalue weighted by atomic mass is 16.3. The van der Waals surface area contributed by atoms with E-state index in [2.05, 4.69) is 0 Å². The molecule has 0 atom stereocenters. The predicted molar refractivity (Wildman–Crippen MR) is 26.7 cm³/mol. The van der Waals surface area contributed by atoms with Gasteiger partial charge in [0, 0.05) is 0 Å². The maximum absolute atomic E-state index is 6.77. The molecule has 2 heteroatoms. The van der Waals surface area contributed by atoms with Crippen LogP contribution < -0.4 is 0 Å². The van der Waals surface area contributed by atoms with E-state index < -0.39 is 0 Å². The highest BCUT2D eigenvalue weighted by Crippen LogP contribution is 1.98. The van der Waals surface area contributed by atoms with Crippen LogP contribution in [-0.4, -0.2) is 0 Å². The second-order valence-electron chi connectivity index (χ2n) is 1.26. The number of hydrogen-bond acceptors (Lipinski definition) is 1. The maximum atomic E-state index is 6.77. The molecule has 2 nitrogen and oxygen atoms in total. The van der Waals surface area contributed by atoms with Crippen molar-refractivity contribution < 1.29 is 4.42 Å². The van der Waals surface area contributed by atoms with Crippen molar-refractivity contribution in [2.75, 3.05) is 0 Å². The average Bonchev–Trinajstić information content (AvgIpc) is 2.14. The SMILES string of the molecule is [NH-]Cc1ccco1. The molecule has 38 valence electrons. The van der Waals surface area contributed by atoms with Crippen LogP contribution >= 0.6 is 0 Å². The second kappa shape index (κ2) is 1.80. The Balaban J connectivity index is 2.76. The predicted octanol–water partition coefficient (Wildman–Crippen LogP) is 1.83. The third kappa shape index (κ3) is 0.810. The molecule has 1 rings (SSSR count). The molecule has 0 saturated carbocycles. The van der Waals surface area contributed by atoms with Gasteiger partial charge < -0.3 is 10.2 Å². The quantitative estimate of drug-likeness (QED) is 0.525. The number of nitrogens with one attached hydrogen (secondary N) is 1. The Hall–Kier alpha value is -0.760. The van der Waals surface area contributed by atoms with Crippen molar-refractivity contribution in [3.63, 3.8) is 0 Å². The lowest BCUT2D eigenvalue weighted by Gasteiger charge is -1.90. The molecule has 0 unspecified atom stereocenters. The lowest BCUT2D eigenvalue weighted by atomic mass is 10.5. The first-order valence-electron chi connectivity index (χ1n) is 2.10. The van der Waals surface area contributed by atoms with Crippen LogP contribution in [0, 0.1) is 0 Å². The Kier molecular flexibility index (Phi) is 1.13. The second-order valence-corrected chi connectivity index (χ2v) is 1.26. The molecule has 0 radical (unpaired) electrons. The van der Waals surface area contributed by atoms with Gasteiger partial charge in [-0.25, -0.2) is 0 Å². The molecule has 1 aromatic heterocycles. The zero-order valence-electron chi connectivity index (χ0n) is 3.85. The Morgan fingerprint density at radius 1 is 1.71 bits per heavy atom. The number of rotatable bonds is 1. The molecular weight excluding hydrogens is 90.1 g/mol. The van der Waals surface area contributed by atoms with Crippen molar-refractivity contribution in [3.8, 4) is 0 Å². The summed E-state index contributed by atoms with van der Waals surface area (Å²) in [6.07, 6.45) is 1.57. The van der Waals surface area contributed by atoms with Gasteiger partial charge in [0.05, 0.1) is 12.0 Å². The van der Waals surface area contributed by atoms with E-state index in [9.17, 15) is 0 Å². The summed E-state index contributed by atoms with van der Waals surface area (Å²) in [6, 6.07) is 3.57. The fourth-order valence-corrected chi connectivity index (χ4v) is 0.413. The molecule has 1 aromatic rings. The van der Waals surface area contributed by atoms with Gasteiger partial charge in [-0.1, -0.05) is 6.54 Å². The molecule has 1 heterocycles. The molecule has 0 aliphatic heterocycles. The maximum Gasteiger partial charge on any atom is 0.0905 e. The van der Waals surface area contributed by atoms with Gasteiger partial charge in [-0.2, -0.15) is 0 Å². The van der Waals surface area contributed by atoms with Gasteiger partial charge in [0.2, 0.25) is 0 Å². The molecular formula is C5H6NO-. The molecule has 0 amide bonds. The van der Waals surface area contributed by atoms with Crippen LogP contribution in [0.4, 0.5) is 0 Å². The topological polar surface area (TPSA) is 36.9 Å². The molecule has 0 aliphatic rings. The summed E-state index contributed by atoms with van der Waals surface area (Å²) < 4.78 is 4.80. The van der Waals surface area contributed by atoms with Crippen molar-refractivity contribution in [1.82, 2.24) is 0 Å². The Morgan fingerprint density at radius 3 is 2.86 bits per heavy atom. The zero-order valence-corrected chi connectivity index (χ0v) is 3.85. The minimum Gasteiger partial charge on any atom is -0.671 e. The van der Waals surface area contributed by atoms with Crippen molar-refractivity contribution in [2.45, 2.75) is 6.54 Å². The Bertz CT molecular complexity index is 123. The fourth-order valence-electron chi connectivity index (χ4n) is 0.413. The summed E-state index contributed by atoms with van der Waals surface area (Å²) in [7, 11) is 0. The third-order valence-corrected chi connectivity index (χ3v) is 0.754. The van der Waals surface area contributed by atoms with Gasteiger partial charge in [0.1, 0.15) is 0 Å². The molecule has 1 N–H and O–H groups in total. The minimum atomic E-state index is 0.243. The molecule has 0 aliphatic carbocycles. The van der Waals surface area contributed by atoms with Crippen molar-refractivity contribution in [3.05, 3.63) is 29.9 Å². The number of furan rings is 1. The Morgan fingerprint density at radius 2 is 2.57 bits per heavy atom. The fraction of sp³-hybridized carbons (Fsp3) is 0.200. The lowest BCUT2D eigenvalue weighted by molar-refractivity contribution is 0.523. The number of hydrogen-bond donors (Lipinski definition) is 0. The summed E-state index contributed by atoms with van der Waals surface area (Å²) in [5.74, 6) is 0.722. The van der Waals surface area contributed by atoms with E-state index in [-0.39, 0.29) is 6.54 Å². The molecule has 0 fully saturated rings. The first-order chi connectivity index (χ1) is 3.43. The van der Waals surface area contributed by atoms with Gasteiger partial charge in [-0.15, -0.1) is 0 Å². The first-order valence-corrected chi connectivity index (χ1v) is 2.10. The van der Waals surface area contributed by atoms with Crippen LogP contribution in [-0.2, 0) is 6.54 Å². The van der Waals surface area contributed by atoms with Crippen LogP contribution in [0.2, 0.25) is 0 Å². The third-order valence-electron chi connectivity index (χ3n) is 0.754. The monoisotopic (exact) mass is 96.0 g/mol. The summed E-state index contributed by atoms with van der Waals surface area (Å²) in [6.45, 7) is 0.243. The summed E-state index contributed by atoms with van der Waals surface area (Å²) in [5, 5.41) is 0. The van der Waals surface area contributed by atoms with Crippen LogP contribution in [0.5, 0.6) is 0 Å². The van der Waals surface area contributed by atoms with Crippen LogP contribution in [0.25, 0.3) is 5.73 Å². The molecule has 0 saturated heterocycles. The van der Waals surface area contributed by atoms with E-state index in [1.807, 2.05) is 0 Å². The minimum absolute atomic E-state index is 0.243. The lowest BCUT2D eigenvalue weighted by Crippen LogP contribution is -1.65. The van der Waals surface area contributed by atoms with E-state index in [1.165, 1.54) is 0 Å². The standard InChI is InChI=1S/C5H6NO/c6-4-5-2-1-3-7-5/h1-3,6H,4H2/q-1. The average molecular weight is 96.1 g/mol. The van der Waals surface area contributed by atoms with Crippen LogP contribution in [0.3, 0.4) is 0 Å². The van der Waals surface area contributed by atoms with Crippen molar-refractivity contribution >= 4 is 0 Å². The summed E-state index contributed by atoms with van der Waals surface area (Å²) in [4.78, 5) is 0. The first kappa shape index (κ1) is 4.40. The van der Waals surface area contributed by atoms with Crippen molar-refractivity contribution in [1.29, 1.82) is 0 Å². The van der Waals surface area contributed by atoms with Gasteiger partial charge in [-0.3, -0.25) is 0 Å². The Labute approximate surface area is 41.9 Å². The van der Waals surface area contributed by atoms with E-state index in [0.717, 1.165) is 5.76 Å². The highest BCUT2D eigenvalue weighted by molar-refractivity contribution is 4.98. The smallest absolute Gasteiger partial charge is 0.0905 e. The molecule has 7 heavy (non-hydrogen) atoms. The zero-order chi connectivity index (χ0) is 5.11. The highest BCUT2D eigenvalue weighted by Gasteiger charge is 1.79. The van der Waals surface area contributed by atoms with Gasteiger partial charge in [0.15, 0.2) is 0 Å². The largest absolute Gasteiger partial charge is 0.671 e. The van der Waals surface area contributed by atoms with Gasteiger partial charge in [0.25, 0.3) is 0 Å². The normalized spacial score (nSPS) is 9.29. The molecule has 0 spiro atoms. The molecule has 0 aromatic carbocycles. The van der Waals surface area contributed by atoms with Crippen molar-refractivity contribution in [2.24, 2.45) is 0 Å². The van der Waals surface area contributed by atoms with Gasteiger partial charge in [-0.05, 0) is 12.1 Å².